The molecule has 3 aromatic rings. The highest BCUT2D eigenvalue weighted by atomic mass is 32.2. The number of hydrogen-bond acceptors (Lipinski definition) is 8. The minimum Gasteiger partial charge on any atom is -0.494 e. The van der Waals surface area contributed by atoms with Crippen LogP contribution in [0.25, 0.3) is 6.08 Å². The molecule has 9 heteroatoms. The fraction of sp³-hybridized carbons (Fsp3) is 0.303. The lowest BCUT2D eigenvalue weighted by Gasteiger charge is -2.32. The van der Waals surface area contributed by atoms with Gasteiger partial charge in [0, 0.05) is 26.2 Å². The second-order valence-corrected chi connectivity index (χ2v) is 11.4. The molecular formula is C33H34N4O4S. The van der Waals surface area contributed by atoms with E-state index in [-0.39, 0.29) is 11.1 Å². The quantitative estimate of drug-likeness (QED) is 0.190. The van der Waals surface area contributed by atoms with Crippen LogP contribution >= 0.6 is 11.8 Å². The first kappa shape index (κ1) is 29.4. The van der Waals surface area contributed by atoms with Gasteiger partial charge in [-0.05, 0) is 117 Å². The van der Waals surface area contributed by atoms with Gasteiger partial charge in [-0.1, -0.05) is 12.1 Å². The molecular weight excluding hydrogens is 548 g/mol. The van der Waals surface area contributed by atoms with Crippen LogP contribution in [-0.2, 0) is 4.79 Å². The van der Waals surface area contributed by atoms with Gasteiger partial charge in [-0.25, -0.2) is 4.90 Å². The third kappa shape index (κ3) is 7.79. The largest absolute Gasteiger partial charge is 0.494 e. The molecule has 0 unspecified atom stereocenters. The lowest BCUT2D eigenvalue weighted by molar-refractivity contribution is -0.113. The molecule has 2 heterocycles. The zero-order valence-corrected chi connectivity index (χ0v) is 24.5. The monoisotopic (exact) mass is 582 g/mol. The van der Waals surface area contributed by atoms with Crippen molar-refractivity contribution in [2.45, 2.75) is 19.3 Å². The topological polar surface area (TPSA) is 86.1 Å². The number of anilines is 1. The lowest BCUT2D eigenvalue weighted by atomic mass is 10.2. The zero-order valence-electron chi connectivity index (χ0n) is 23.7. The molecule has 0 bridgehead atoms. The number of nitrogens with zero attached hydrogens (tertiary/aromatic N) is 4. The van der Waals surface area contributed by atoms with Crippen molar-refractivity contribution in [1.82, 2.24) is 9.80 Å². The highest BCUT2D eigenvalue weighted by Gasteiger charge is 2.36. The number of likely N-dealkylation sites (N-methyl/N-ethyl adjacent to an activating group) is 1. The highest BCUT2D eigenvalue weighted by Crippen LogP contribution is 2.36. The van der Waals surface area contributed by atoms with E-state index in [1.165, 1.54) is 11.3 Å². The van der Waals surface area contributed by atoms with Crippen LogP contribution in [0.15, 0.2) is 77.7 Å². The number of hydrogen-bond donors (Lipinski definition) is 0. The van der Waals surface area contributed by atoms with Gasteiger partial charge in [0.1, 0.15) is 17.2 Å². The van der Waals surface area contributed by atoms with Crippen molar-refractivity contribution in [3.8, 4) is 23.3 Å². The summed E-state index contributed by atoms with van der Waals surface area (Å²) in [6.07, 6.45) is 5.00. The Hall–Kier alpha value is -4.10. The minimum absolute atomic E-state index is 0.332. The molecule has 0 saturated carbocycles. The summed E-state index contributed by atoms with van der Waals surface area (Å²) in [5.74, 6) is 1.62. The number of imide groups is 1. The van der Waals surface area contributed by atoms with Crippen LogP contribution < -0.4 is 14.4 Å². The fourth-order valence-corrected chi connectivity index (χ4v) is 5.62. The molecule has 2 aliphatic heterocycles. The van der Waals surface area contributed by atoms with Crippen molar-refractivity contribution in [2.75, 3.05) is 51.3 Å². The molecule has 0 N–H and O–H groups in total. The van der Waals surface area contributed by atoms with Gasteiger partial charge >= 0.3 is 0 Å². The molecule has 0 radical (unpaired) electrons. The molecule has 0 aromatic heterocycles. The average molecular weight is 583 g/mol. The summed E-state index contributed by atoms with van der Waals surface area (Å²) in [6.45, 7) is 6.40. The van der Waals surface area contributed by atoms with Gasteiger partial charge < -0.3 is 19.3 Å². The van der Waals surface area contributed by atoms with Gasteiger partial charge in [0.15, 0.2) is 0 Å². The van der Waals surface area contributed by atoms with Gasteiger partial charge in [0.25, 0.3) is 11.1 Å². The SMILES string of the molecule is CN1CCN(CCCCCOc2ccc(N3C(=O)SC(=Cc4ccc(Oc5ccc(C#N)cc5)cc4)C3=O)cc2)CC1. The molecule has 8 nitrogen and oxygen atoms in total. The second-order valence-electron chi connectivity index (χ2n) is 10.4. The van der Waals surface area contributed by atoms with Crippen molar-refractivity contribution >= 4 is 34.7 Å². The zero-order chi connectivity index (χ0) is 29.3. The number of amides is 2. The lowest BCUT2D eigenvalue weighted by Crippen LogP contribution is -2.44. The van der Waals surface area contributed by atoms with E-state index in [9.17, 15) is 9.59 Å². The molecule has 2 saturated heterocycles. The van der Waals surface area contributed by atoms with Gasteiger partial charge in [0.05, 0.1) is 28.8 Å². The van der Waals surface area contributed by atoms with E-state index < -0.39 is 0 Å². The Morgan fingerprint density at radius 1 is 0.833 bits per heavy atom. The molecule has 5 rings (SSSR count). The van der Waals surface area contributed by atoms with Crippen molar-refractivity contribution in [1.29, 1.82) is 5.26 Å². The molecule has 2 aliphatic rings. The molecule has 2 fully saturated rings. The first-order valence-electron chi connectivity index (χ1n) is 14.2. The maximum absolute atomic E-state index is 13.1. The summed E-state index contributed by atoms with van der Waals surface area (Å²) in [6, 6.07) is 23.3. The number of carbonyl (C=O) groups is 2. The number of benzene rings is 3. The van der Waals surface area contributed by atoms with Crippen LogP contribution in [0.5, 0.6) is 17.2 Å². The predicted molar refractivity (Wildman–Crippen MR) is 166 cm³/mol. The molecule has 2 amide bonds. The number of unbranched alkanes of at least 4 members (excludes halogenated alkanes) is 2. The van der Waals surface area contributed by atoms with Crippen molar-refractivity contribution in [3.05, 3.63) is 88.8 Å². The number of thioether (sulfide) groups is 1. The van der Waals surface area contributed by atoms with E-state index in [1.807, 2.05) is 12.1 Å². The Bertz CT molecular complexity index is 1440. The standard InChI is InChI=1S/C33H34N4O4S/c1-35-18-20-36(21-19-35)17-3-2-4-22-40-28-15-9-27(10-16-28)37-32(38)31(42-33(37)39)23-25-5-11-29(12-6-25)41-30-13-7-26(24-34)8-14-30/h5-16,23H,2-4,17-22H2,1H3. The normalized spacial score (nSPS) is 17.0. The molecule has 3 aromatic carbocycles. The maximum Gasteiger partial charge on any atom is 0.298 e. The Morgan fingerprint density at radius 2 is 1.48 bits per heavy atom. The van der Waals surface area contributed by atoms with Gasteiger partial charge in [0.2, 0.25) is 0 Å². The first-order chi connectivity index (χ1) is 20.5. The van der Waals surface area contributed by atoms with Crippen LogP contribution in [-0.4, -0.2) is 67.3 Å². The fourth-order valence-electron chi connectivity index (χ4n) is 4.77. The third-order valence-corrected chi connectivity index (χ3v) is 8.14. The van der Waals surface area contributed by atoms with Crippen LogP contribution in [0, 0.1) is 11.3 Å². The van der Waals surface area contributed by atoms with E-state index in [0.29, 0.717) is 34.3 Å². The summed E-state index contributed by atoms with van der Waals surface area (Å²) in [4.78, 5) is 32.3. The Kier molecular flexibility index (Phi) is 9.93. The van der Waals surface area contributed by atoms with Crippen LogP contribution in [0.2, 0.25) is 0 Å². The maximum atomic E-state index is 13.1. The molecule has 0 atom stereocenters. The highest BCUT2D eigenvalue weighted by molar-refractivity contribution is 8.19. The summed E-state index contributed by atoms with van der Waals surface area (Å²) >= 11 is 0.922. The smallest absolute Gasteiger partial charge is 0.298 e. The van der Waals surface area contributed by atoms with E-state index in [0.717, 1.165) is 68.6 Å². The molecule has 0 aliphatic carbocycles. The Morgan fingerprint density at radius 3 is 2.14 bits per heavy atom. The summed E-state index contributed by atoms with van der Waals surface area (Å²) < 4.78 is 11.7. The third-order valence-electron chi connectivity index (χ3n) is 7.27. The van der Waals surface area contributed by atoms with Crippen LogP contribution in [0.4, 0.5) is 10.5 Å². The molecule has 216 valence electrons. The molecule has 42 heavy (non-hydrogen) atoms. The van der Waals surface area contributed by atoms with Gasteiger partial charge in [-0.2, -0.15) is 5.26 Å². The number of ether oxygens (including phenoxy) is 2. The second kappa shape index (κ2) is 14.2. The van der Waals surface area contributed by atoms with Crippen molar-refractivity contribution < 1.29 is 19.1 Å². The number of piperazine rings is 1. The van der Waals surface area contributed by atoms with E-state index >= 15 is 0 Å². The van der Waals surface area contributed by atoms with Gasteiger partial charge in [-0.15, -0.1) is 0 Å². The van der Waals surface area contributed by atoms with E-state index in [1.54, 1.807) is 66.7 Å². The average Bonchev–Trinajstić information content (AvgIpc) is 3.29. The Labute approximate surface area is 251 Å². The summed E-state index contributed by atoms with van der Waals surface area (Å²) in [7, 11) is 2.18. The Balaban J connectivity index is 1.09. The van der Waals surface area contributed by atoms with Crippen molar-refractivity contribution in [2.24, 2.45) is 0 Å². The first-order valence-corrected chi connectivity index (χ1v) is 15.0. The predicted octanol–water partition coefficient (Wildman–Crippen LogP) is 6.39. The van der Waals surface area contributed by atoms with Crippen LogP contribution in [0.1, 0.15) is 30.4 Å². The number of carbonyl (C=O) groups excluding carboxylic acids is 2. The number of rotatable bonds is 11. The van der Waals surface area contributed by atoms with Crippen molar-refractivity contribution in [3.63, 3.8) is 0 Å². The minimum atomic E-state index is -0.350. The summed E-state index contributed by atoms with van der Waals surface area (Å²) in [5, 5.41) is 8.59. The van der Waals surface area contributed by atoms with Crippen LogP contribution in [0.3, 0.4) is 0 Å². The van der Waals surface area contributed by atoms with Gasteiger partial charge in [-0.3, -0.25) is 9.59 Å². The number of nitriles is 1. The molecule has 0 spiro atoms. The van der Waals surface area contributed by atoms with E-state index in [2.05, 4.69) is 22.9 Å². The van der Waals surface area contributed by atoms with E-state index in [4.69, 9.17) is 14.7 Å². The summed E-state index contributed by atoms with van der Waals surface area (Å²) in [5.41, 5.74) is 1.86.